The molecule has 0 aromatic carbocycles. The summed E-state index contributed by atoms with van der Waals surface area (Å²) in [5.74, 6) is -0.124. The number of nitrogens with zero attached hydrogens (tertiary/aromatic N) is 1. The fourth-order valence-corrected chi connectivity index (χ4v) is 2.90. The molecular formula is C9H7N3O2S. The van der Waals surface area contributed by atoms with Crippen LogP contribution in [0.5, 0.6) is 0 Å². The average Bonchev–Trinajstić information content (AvgIpc) is 2.59. The van der Waals surface area contributed by atoms with Crippen LogP contribution in [0.4, 0.5) is 0 Å². The normalized spacial score (nSPS) is 15.1. The second kappa shape index (κ2) is 2.90. The van der Waals surface area contributed by atoms with Crippen molar-refractivity contribution >= 4 is 27.5 Å². The van der Waals surface area contributed by atoms with Gasteiger partial charge in [0.15, 0.2) is 0 Å². The number of nitrogens with one attached hydrogen (secondary N) is 2. The second-order valence-corrected chi connectivity index (χ2v) is 4.42. The zero-order chi connectivity index (χ0) is 10.4. The van der Waals surface area contributed by atoms with Crippen LogP contribution in [-0.2, 0) is 6.42 Å². The minimum Gasteiger partial charge on any atom is -0.352 e. The van der Waals surface area contributed by atoms with Gasteiger partial charge in [0.1, 0.15) is 10.2 Å². The molecule has 15 heavy (non-hydrogen) atoms. The summed E-state index contributed by atoms with van der Waals surface area (Å²) in [7, 11) is 0. The van der Waals surface area contributed by atoms with Gasteiger partial charge in [-0.05, 0) is 0 Å². The number of thiophene rings is 1. The van der Waals surface area contributed by atoms with E-state index in [0.29, 0.717) is 22.3 Å². The maximum Gasteiger partial charge on any atom is 0.268 e. The lowest BCUT2D eigenvalue weighted by Crippen LogP contribution is -2.30. The highest BCUT2D eigenvalue weighted by Crippen LogP contribution is 2.29. The molecule has 2 N–H and O–H groups in total. The molecule has 3 heterocycles. The molecule has 6 heteroatoms. The molecule has 0 fully saturated rings. The number of rotatable bonds is 0. The molecular weight excluding hydrogens is 214 g/mol. The third-order valence-corrected chi connectivity index (χ3v) is 3.65. The first-order valence-corrected chi connectivity index (χ1v) is 5.36. The highest BCUT2D eigenvalue weighted by atomic mass is 32.1. The number of H-pyrrole nitrogens is 1. The number of hydrogen-bond acceptors (Lipinski definition) is 4. The number of aromatic amines is 1. The van der Waals surface area contributed by atoms with E-state index in [-0.39, 0.29) is 11.5 Å². The summed E-state index contributed by atoms with van der Waals surface area (Å²) in [6, 6.07) is 0. The van der Waals surface area contributed by atoms with E-state index in [1.54, 1.807) is 0 Å². The standard InChI is InChI=1S/C9H7N3O2S/c13-8-5-4(1-2-10-8)15-7-6(5)11-3-12-9(7)14/h3H,1-2H2,(H,10,13)(H,11,12,14). The smallest absolute Gasteiger partial charge is 0.268 e. The quantitative estimate of drug-likeness (QED) is 0.670. The first-order valence-electron chi connectivity index (χ1n) is 4.54. The third kappa shape index (κ3) is 1.11. The van der Waals surface area contributed by atoms with Crippen molar-refractivity contribution in [3.8, 4) is 0 Å². The van der Waals surface area contributed by atoms with Crippen LogP contribution in [0.25, 0.3) is 10.2 Å². The Morgan fingerprint density at radius 3 is 3.13 bits per heavy atom. The van der Waals surface area contributed by atoms with Gasteiger partial charge in [0.25, 0.3) is 11.5 Å². The summed E-state index contributed by atoms with van der Waals surface area (Å²) in [5, 5.41) is 2.75. The van der Waals surface area contributed by atoms with Crippen molar-refractivity contribution in [2.24, 2.45) is 0 Å². The number of fused-ring (bicyclic) bond motifs is 3. The molecule has 2 aromatic heterocycles. The molecule has 0 spiro atoms. The number of carbonyl (C=O) groups excluding carboxylic acids is 1. The van der Waals surface area contributed by atoms with Crippen LogP contribution < -0.4 is 10.9 Å². The van der Waals surface area contributed by atoms with Gasteiger partial charge in [0.05, 0.1) is 11.9 Å². The molecule has 5 nitrogen and oxygen atoms in total. The summed E-state index contributed by atoms with van der Waals surface area (Å²) in [4.78, 5) is 30.6. The van der Waals surface area contributed by atoms with Crippen molar-refractivity contribution in [3.63, 3.8) is 0 Å². The Hall–Kier alpha value is -1.69. The van der Waals surface area contributed by atoms with Gasteiger partial charge in [-0.1, -0.05) is 0 Å². The molecule has 2 aromatic rings. The molecule has 0 saturated carbocycles. The van der Waals surface area contributed by atoms with Crippen LogP contribution in [0.15, 0.2) is 11.1 Å². The van der Waals surface area contributed by atoms with Crippen LogP contribution in [0.1, 0.15) is 15.2 Å². The molecule has 1 amide bonds. The SMILES string of the molecule is O=C1NCCc2sc3c(=O)[nH]cnc3c21. The maximum absolute atomic E-state index is 11.6. The van der Waals surface area contributed by atoms with E-state index in [2.05, 4.69) is 15.3 Å². The summed E-state index contributed by atoms with van der Waals surface area (Å²) < 4.78 is 0.541. The van der Waals surface area contributed by atoms with Gasteiger partial charge in [-0.15, -0.1) is 11.3 Å². The minimum absolute atomic E-state index is 0.124. The van der Waals surface area contributed by atoms with Crippen molar-refractivity contribution in [2.45, 2.75) is 6.42 Å². The van der Waals surface area contributed by atoms with Crippen LogP contribution in [0.3, 0.4) is 0 Å². The predicted molar refractivity (Wildman–Crippen MR) is 56.3 cm³/mol. The van der Waals surface area contributed by atoms with Gasteiger partial charge in [-0.25, -0.2) is 4.98 Å². The van der Waals surface area contributed by atoms with Gasteiger partial charge in [-0.2, -0.15) is 0 Å². The number of aromatic nitrogens is 2. The second-order valence-electron chi connectivity index (χ2n) is 3.32. The predicted octanol–water partition coefficient (Wildman–Crippen LogP) is 0.270. The van der Waals surface area contributed by atoms with Crippen LogP contribution in [0.2, 0.25) is 0 Å². The largest absolute Gasteiger partial charge is 0.352 e. The lowest BCUT2D eigenvalue weighted by molar-refractivity contribution is 0.0948. The molecule has 0 bridgehead atoms. The van der Waals surface area contributed by atoms with Crippen molar-refractivity contribution in [2.75, 3.05) is 6.54 Å². The molecule has 0 atom stereocenters. The topological polar surface area (TPSA) is 74.8 Å². The first kappa shape index (κ1) is 8.60. The lowest BCUT2D eigenvalue weighted by atomic mass is 10.1. The van der Waals surface area contributed by atoms with E-state index in [1.165, 1.54) is 17.7 Å². The Bertz CT molecular complexity index is 613. The van der Waals surface area contributed by atoms with E-state index < -0.39 is 0 Å². The van der Waals surface area contributed by atoms with Gasteiger partial charge in [-0.3, -0.25) is 9.59 Å². The van der Waals surface area contributed by atoms with Crippen LogP contribution in [-0.4, -0.2) is 22.4 Å². The Balaban J connectivity index is 2.47. The average molecular weight is 221 g/mol. The van der Waals surface area contributed by atoms with E-state index in [4.69, 9.17) is 0 Å². The van der Waals surface area contributed by atoms with Crippen LogP contribution in [0, 0.1) is 0 Å². The van der Waals surface area contributed by atoms with Crippen molar-refractivity contribution in [3.05, 3.63) is 27.1 Å². The van der Waals surface area contributed by atoms with E-state index in [9.17, 15) is 9.59 Å². The Kier molecular flexibility index (Phi) is 1.66. The molecule has 0 saturated heterocycles. The molecule has 0 radical (unpaired) electrons. The van der Waals surface area contributed by atoms with E-state index >= 15 is 0 Å². The molecule has 1 aliphatic rings. The van der Waals surface area contributed by atoms with Crippen LogP contribution >= 0.6 is 11.3 Å². The molecule has 76 valence electrons. The summed E-state index contributed by atoms with van der Waals surface area (Å²) in [6.45, 7) is 0.635. The highest BCUT2D eigenvalue weighted by molar-refractivity contribution is 7.19. The Morgan fingerprint density at radius 1 is 1.40 bits per heavy atom. The monoisotopic (exact) mass is 221 g/mol. The number of hydrogen-bond donors (Lipinski definition) is 2. The fourth-order valence-electron chi connectivity index (χ4n) is 1.75. The van der Waals surface area contributed by atoms with Crippen molar-refractivity contribution in [1.29, 1.82) is 0 Å². The van der Waals surface area contributed by atoms with Crippen molar-refractivity contribution in [1.82, 2.24) is 15.3 Å². The summed E-state index contributed by atoms with van der Waals surface area (Å²) in [6.07, 6.45) is 2.11. The first-order chi connectivity index (χ1) is 7.27. The Morgan fingerprint density at radius 2 is 2.27 bits per heavy atom. The number of carbonyl (C=O) groups is 1. The van der Waals surface area contributed by atoms with E-state index in [1.807, 2.05) is 0 Å². The van der Waals surface area contributed by atoms with Crippen molar-refractivity contribution < 1.29 is 4.79 Å². The molecule has 1 aliphatic heterocycles. The molecule has 3 rings (SSSR count). The third-order valence-electron chi connectivity index (χ3n) is 2.42. The zero-order valence-corrected chi connectivity index (χ0v) is 8.48. The maximum atomic E-state index is 11.6. The summed E-state index contributed by atoms with van der Waals surface area (Å²) in [5.41, 5.74) is 0.926. The Labute approximate surface area is 88.2 Å². The molecule has 0 unspecified atom stereocenters. The highest BCUT2D eigenvalue weighted by Gasteiger charge is 2.24. The zero-order valence-electron chi connectivity index (χ0n) is 7.66. The van der Waals surface area contributed by atoms with Gasteiger partial charge in [0.2, 0.25) is 0 Å². The number of amides is 1. The molecule has 0 aliphatic carbocycles. The van der Waals surface area contributed by atoms with Gasteiger partial charge in [0, 0.05) is 17.8 Å². The minimum atomic E-state index is -0.174. The van der Waals surface area contributed by atoms with E-state index in [0.717, 1.165) is 11.3 Å². The van der Waals surface area contributed by atoms with Gasteiger partial charge >= 0.3 is 0 Å². The lowest BCUT2D eigenvalue weighted by Gasteiger charge is -2.11. The van der Waals surface area contributed by atoms with Gasteiger partial charge < -0.3 is 10.3 Å². The fraction of sp³-hybridized carbons (Fsp3) is 0.222. The summed E-state index contributed by atoms with van der Waals surface area (Å²) >= 11 is 1.36.